The van der Waals surface area contributed by atoms with Crippen molar-refractivity contribution < 1.29 is 14.3 Å². The first-order chi connectivity index (χ1) is 11.7. The molecule has 3 heterocycles. The maximum absolute atomic E-state index is 12.5. The lowest BCUT2D eigenvalue weighted by molar-refractivity contribution is -0.133. The molecule has 1 aliphatic heterocycles. The number of ether oxygens (including phenoxy) is 2. The van der Waals surface area contributed by atoms with Gasteiger partial charge in [-0.3, -0.25) is 4.79 Å². The molecule has 0 spiro atoms. The SMILES string of the molecule is C[C@@H]1Oc2ccccc2O[C@H]1C(=O)NCc1cn2ccccc2n1. The lowest BCUT2D eigenvalue weighted by atomic mass is 10.1. The number of hydrogen-bond donors (Lipinski definition) is 1. The first-order valence-corrected chi connectivity index (χ1v) is 7.83. The summed E-state index contributed by atoms with van der Waals surface area (Å²) in [5.74, 6) is 1.03. The van der Waals surface area contributed by atoms with Gasteiger partial charge in [0.2, 0.25) is 6.10 Å². The van der Waals surface area contributed by atoms with E-state index in [1.807, 2.05) is 60.1 Å². The molecule has 1 aliphatic rings. The summed E-state index contributed by atoms with van der Waals surface area (Å²) in [6, 6.07) is 13.1. The molecule has 0 saturated carbocycles. The van der Waals surface area contributed by atoms with Gasteiger partial charge in [0, 0.05) is 12.4 Å². The first-order valence-electron chi connectivity index (χ1n) is 7.83. The number of nitrogens with zero attached hydrogens (tertiary/aromatic N) is 2. The summed E-state index contributed by atoms with van der Waals surface area (Å²) in [5.41, 5.74) is 1.64. The van der Waals surface area contributed by atoms with E-state index in [1.54, 1.807) is 6.07 Å². The Hall–Kier alpha value is -3.02. The standard InChI is InChI=1S/C18H17N3O3/c1-12-17(24-15-7-3-2-6-14(15)23-12)18(22)19-10-13-11-21-9-5-4-8-16(21)20-13/h2-9,11-12,17H,10H2,1H3,(H,19,22)/t12-,17+/m0/s1. The maximum atomic E-state index is 12.5. The minimum atomic E-state index is -0.683. The summed E-state index contributed by atoms with van der Waals surface area (Å²) in [6.45, 7) is 2.17. The smallest absolute Gasteiger partial charge is 0.265 e. The lowest BCUT2D eigenvalue weighted by Gasteiger charge is -2.30. The van der Waals surface area contributed by atoms with E-state index in [-0.39, 0.29) is 12.0 Å². The van der Waals surface area contributed by atoms with Gasteiger partial charge in [0.15, 0.2) is 11.5 Å². The Morgan fingerprint density at radius 2 is 1.92 bits per heavy atom. The van der Waals surface area contributed by atoms with Crippen molar-refractivity contribution in [2.24, 2.45) is 0 Å². The molecule has 0 unspecified atom stereocenters. The van der Waals surface area contributed by atoms with Crippen LogP contribution in [0, 0.1) is 0 Å². The second-order valence-electron chi connectivity index (χ2n) is 5.72. The van der Waals surface area contributed by atoms with Crippen molar-refractivity contribution in [1.82, 2.24) is 14.7 Å². The molecule has 0 saturated heterocycles. The molecule has 2 aromatic heterocycles. The number of imidazole rings is 1. The lowest BCUT2D eigenvalue weighted by Crippen LogP contribution is -2.48. The van der Waals surface area contributed by atoms with Gasteiger partial charge in [0.25, 0.3) is 5.91 Å². The highest BCUT2D eigenvalue weighted by Crippen LogP contribution is 2.33. The molecule has 4 rings (SSSR count). The molecule has 0 bridgehead atoms. The number of carbonyl (C=O) groups excluding carboxylic acids is 1. The van der Waals surface area contributed by atoms with E-state index in [4.69, 9.17) is 9.47 Å². The second-order valence-corrected chi connectivity index (χ2v) is 5.72. The number of aromatic nitrogens is 2. The summed E-state index contributed by atoms with van der Waals surface area (Å²) in [4.78, 5) is 16.9. The van der Waals surface area contributed by atoms with Crippen molar-refractivity contribution in [2.75, 3.05) is 0 Å². The predicted octanol–water partition coefficient (Wildman–Crippen LogP) is 2.18. The van der Waals surface area contributed by atoms with Crippen LogP contribution in [0.5, 0.6) is 11.5 Å². The van der Waals surface area contributed by atoms with Gasteiger partial charge < -0.3 is 19.2 Å². The van der Waals surface area contributed by atoms with E-state index >= 15 is 0 Å². The van der Waals surface area contributed by atoms with E-state index in [9.17, 15) is 4.79 Å². The Balaban J connectivity index is 1.44. The zero-order chi connectivity index (χ0) is 16.5. The third-order valence-electron chi connectivity index (χ3n) is 3.96. The van der Waals surface area contributed by atoms with Gasteiger partial charge in [-0.05, 0) is 31.2 Å². The van der Waals surface area contributed by atoms with Crippen LogP contribution < -0.4 is 14.8 Å². The van der Waals surface area contributed by atoms with Crippen LogP contribution in [0.25, 0.3) is 5.65 Å². The van der Waals surface area contributed by atoms with Crippen LogP contribution in [0.4, 0.5) is 0 Å². The zero-order valence-corrected chi connectivity index (χ0v) is 13.2. The summed E-state index contributed by atoms with van der Waals surface area (Å²) in [5, 5.41) is 2.87. The van der Waals surface area contributed by atoms with E-state index in [2.05, 4.69) is 10.3 Å². The highest BCUT2D eigenvalue weighted by molar-refractivity contribution is 5.82. The molecule has 0 aliphatic carbocycles. The minimum absolute atomic E-state index is 0.214. The van der Waals surface area contributed by atoms with E-state index < -0.39 is 6.10 Å². The molecule has 24 heavy (non-hydrogen) atoms. The number of hydrogen-bond acceptors (Lipinski definition) is 4. The van der Waals surface area contributed by atoms with Crippen molar-refractivity contribution >= 4 is 11.6 Å². The highest BCUT2D eigenvalue weighted by Gasteiger charge is 2.33. The largest absolute Gasteiger partial charge is 0.482 e. The fourth-order valence-corrected chi connectivity index (χ4v) is 2.76. The number of carbonyl (C=O) groups is 1. The number of nitrogens with one attached hydrogen (secondary N) is 1. The Morgan fingerprint density at radius 1 is 1.17 bits per heavy atom. The van der Waals surface area contributed by atoms with Gasteiger partial charge in [-0.2, -0.15) is 0 Å². The maximum Gasteiger partial charge on any atom is 0.265 e. The first kappa shape index (κ1) is 14.6. The number of rotatable bonds is 3. The number of amides is 1. The van der Waals surface area contributed by atoms with Gasteiger partial charge in [0.05, 0.1) is 12.2 Å². The average Bonchev–Trinajstić information content (AvgIpc) is 3.02. The summed E-state index contributed by atoms with van der Waals surface area (Å²) < 4.78 is 13.5. The summed E-state index contributed by atoms with van der Waals surface area (Å²) >= 11 is 0. The molecule has 1 amide bonds. The average molecular weight is 323 g/mol. The Morgan fingerprint density at radius 3 is 2.71 bits per heavy atom. The van der Waals surface area contributed by atoms with Gasteiger partial charge >= 0.3 is 0 Å². The molecule has 3 aromatic rings. The van der Waals surface area contributed by atoms with Gasteiger partial charge in [-0.25, -0.2) is 4.98 Å². The van der Waals surface area contributed by atoms with Gasteiger partial charge in [-0.1, -0.05) is 18.2 Å². The number of fused-ring (bicyclic) bond motifs is 2. The van der Waals surface area contributed by atoms with Crippen LogP contribution in [-0.4, -0.2) is 27.5 Å². The van der Waals surface area contributed by atoms with E-state index in [1.165, 1.54) is 0 Å². The Kier molecular flexibility index (Phi) is 3.57. The molecule has 0 radical (unpaired) electrons. The molecule has 0 fully saturated rings. The third-order valence-corrected chi connectivity index (χ3v) is 3.96. The Labute approximate surface area is 139 Å². The van der Waals surface area contributed by atoms with Crippen LogP contribution in [0.3, 0.4) is 0 Å². The molecule has 6 nitrogen and oxygen atoms in total. The van der Waals surface area contributed by atoms with E-state index in [0.717, 1.165) is 11.3 Å². The second kappa shape index (κ2) is 5.88. The van der Waals surface area contributed by atoms with Crippen LogP contribution >= 0.6 is 0 Å². The normalized spacial score (nSPS) is 19.2. The van der Waals surface area contributed by atoms with Gasteiger partial charge in [-0.15, -0.1) is 0 Å². The van der Waals surface area contributed by atoms with Crippen LogP contribution in [0.2, 0.25) is 0 Å². The van der Waals surface area contributed by atoms with Crippen LogP contribution in [-0.2, 0) is 11.3 Å². The number of pyridine rings is 1. The fourth-order valence-electron chi connectivity index (χ4n) is 2.76. The molecule has 6 heteroatoms. The minimum Gasteiger partial charge on any atom is -0.482 e. The quantitative estimate of drug-likeness (QED) is 0.802. The van der Waals surface area contributed by atoms with Crippen molar-refractivity contribution in [1.29, 1.82) is 0 Å². The van der Waals surface area contributed by atoms with Crippen LogP contribution in [0.1, 0.15) is 12.6 Å². The fraction of sp³-hybridized carbons (Fsp3) is 0.222. The molecular weight excluding hydrogens is 306 g/mol. The van der Waals surface area contributed by atoms with Crippen molar-refractivity contribution in [3.8, 4) is 11.5 Å². The van der Waals surface area contributed by atoms with Crippen LogP contribution in [0.15, 0.2) is 54.9 Å². The number of benzene rings is 1. The zero-order valence-electron chi connectivity index (χ0n) is 13.2. The van der Waals surface area contributed by atoms with E-state index in [0.29, 0.717) is 18.0 Å². The molecule has 1 aromatic carbocycles. The molecule has 122 valence electrons. The molecular formula is C18H17N3O3. The summed E-state index contributed by atoms with van der Waals surface area (Å²) in [6.07, 6.45) is 2.77. The Bertz CT molecular complexity index is 857. The van der Waals surface area contributed by atoms with Crippen molar-refractivity contribution in [3.63, 3.8) is 0 Å². The topological polar surface area (TPSA) is 64.9 Å². The number of para-hydroxylation sites is 2. The van der Waals surface area contributed by atoms with Gasteiger partial charge in [0.1, 0.15) is 11.8 Å². The summed E-state index contributed by atoms with van der Waals surface area (Å²) in [7, 11) is 0. The molecule has 1 N–H and O–H groups in total. The highest BCUT2D eigenvalue weighted by atomic mass is 16.6. The van der Waals surface area contributed by atoms with Crippen molar-refractivity contribution in [2.45, 2.75) is 25.7 Å². The third kappa shape index (κ3) is 2.67. The van der Waals surface area contributed by atoms with Crippen molar-refractivity contribution in [3.05, 3.63) is 60.6 Å². The molecule has 2 atom stereocenters. The monoisotopic (exact) mass is 323 g/mol. The predicted molar refractivity (Wildman–Crippen MR) is 88.0 cm³/mol.